The van der Waals surface area contributed by atoms with Crippen LogP contribution in [0.1, 0.15) is 46.5 Å². The maximum absolute atomic E-state index is 13.3. The largest absolute Gasteiger partial charge is 0.466 e. The molecule has 0 radical (unpaired) electrons. The first-order chi connectivity index (χ1) is 11.3. The van der Waals surface area contributed by atoms with E-state index in [0.29, 0.717) is 19.7 Å². The number of fused-ring (bicyclic) bond motifs is 1. The molecule has 3 rings (SSSR count). The molecular weight excluding hydrogens is 308 g/mol. The van der Waals surface area contributed by atoms with Crippen LogP contribution in [-0.4, -0.2) is 54.7 Å². The van der Waals surface area contributed by atoms with Crippen LogP contribution < -0.4 is 5.73 Å². The van der Waals surface area contributed by atoms with E-state index in [4.69, 9.17) is 15.2 Å². The van der Waals surface area contributed by atoms with Gasteiger partial charge in [-0.05, 0) is 32.6 Å². The van der Waals surface area contributed by atoms with Crippen LogP contribution in [0, 0.1) is 17.3 Å². The predicted octanol–water partition coefficient (Wildman–Crippen LogP) is 1.32. The maximum Gasteiger partial charge on any atom is 0.310 e. The van der Waals surface area contributed by atoms with Crippen molar-refractivity contribution >= 4 is 11.9 Å². The lowest BCUT2D eigenvalue weighted by Gasteiger charge is -2.66. The van der Waals surface area contributed by atoms with Gasteiger partial charge in [0.2, 0.25) is 5.91 Å². The van der Waals surface area contributed by atoms with Crippen molar-refractivity contribution in [3.63, 3.8) is 0 Å². The number of piperidine rings is 1. The maximum atomic E-state index is 13.3. The second kappa shape index (κ2) is 6.30. The van der Waals surface area contributed by atoms with Crippen molar-refractivity contribution in [3.05, 3.63) is 0 Å². The Morgan fingerprint density at radius 2 is 2.04 bits per heavy atom. The van der Waals surface area contributed by atoms with E-state index in [1.165, 1.54) is 0 Å². The van der Waals surface area contributed by atoms with Crippen LogP contribution in [-0.2, 0) is 19.1 Å². The predicted molar refractivity (Wildman–Crippen MR) is 89.1 cm³/mol. The molecule has 3 fully saturated rings. The number of nitrogens with two attached hydrogens (primary N) is 1. The van der Waals surface area contributed by atoms with Crippen LogP contribution in [0.3, 0.4) is 0 Å². The van der Waals surface area contributed by atoms with Gasteiger partial charge in [0.15, 0.2) is 0 Å². The number of likely N-dealkylation sites (tertiary alicyclic amines) is 1. The third-order valence-electron chi connectivity index (χ3n) is 6.37. The van der Waals surface area contributed by atoms with Gasteiger partial charge in [0, 0.05) is 31.0 Å². The summed E-state index contributed by atoms with van der Waals surface area (Å²) in [7, 11) is 0. The van der Waals surface area contributed by atoms with E-state index in [1.54, 1.807) is 11.8 Å². The Balaban J connectivity index is 1.74. The van der Waals surface area contributed by atoms with E-state index in [9.17, 15) is 9.59 Å². The minimum absolute atomic E-state index is 0.0201. The van der Waals surface area contributed by atoms with Crippen molar-refractivity contribution in [1.82, 2.24) is 4.90 Å². The molecule has 4 atom stereocenters. The first kappa shape index (κ1) is 17.7. The van der Waals surface area contributed by atoms with Crippen molar-refractivity contribution in [1.29, 1.82) is 0 Å². The molecule has 0 aromatic rings. The monoisotopic (exact) mass is 338 g/mol. The SMILES string of the molecule is CCOC(=O)C1CCCN(C(=O)C2(N)C3CCCOC3C2(C)C)C1. The summed E-state index contributed by atoms with van der Waals surface area (Å²) in [5.41, 5.74) is 5.43. The third kappa shape index (κ3) is 2.46. The topological polar surface area (TPSA) is 81.9 Å². The van der Waals surface area contributed by atoms with Gasteiger partial charge in [-0.1, -0.05) is 13.8 Å². The van der Waals surface area contributed by atoms with Crippen LogP contribution in [0.5, 0.6) is 0 Å². The summed E-state index contributed by atoms with van der Waals surface area (Å²) >= 11 is 0. The molecule has 0 spiro atoms. The fraction of sp³-hybridized carbons (Fsp3) is 0.889. The molecule has 6 heteroatoms. The van der Waals surface area contributed by atoms with Gasteiger partial charge < -0.3 is 20.1 Å². The highest BCUT2D eigenvalue weighted by Crippen LogP contribution is 2.58. The summed E-state index contributed by atoms with van der Waals surface area (Å²) in [6.45, 7) is 8.08. The Morgan fingerprint density at radius 3 is 2.75 bits per heavy atom. The molecule has 6 nitrogen and oxygen atoms in total. The summed E-state index contributed by atoms with van der Waals surface area (Å²) in [4.78, 5) is 27.1. The Morgan fingerprint density at radius 1 is 1.29 bits per heavy atom. The molecule has 4 unspecified atom stereocenters. The van der Waals surface area contributed by atoms with Crippen LogP contribution in [0.15, 0.2) is 0 Å². The number of carbonyl (C=O) groups is 2. The van der Waals surface area contributed by atoms with Gasteiger partial charge in [0.25, 0.3) is 0 Å². The lowest BCUT2D eigenvalue weighted by Crippen LogP contribution is -2.82. The van der Waals surface area contributed by atoms with E-state index in [1.807, 2.05) is 13.8 Å². The zero-order valence-corrected chi connectivity index (χ0v) is 15.0. The highest BCUT2D eigenvalue weighted by atomic mass is 16.5. The van der Waals surface area contributed by atoms with Gasteiger partial charge in [0.05, 0.1) is 18.6 Å². The lowest BCUT2D eigenvalue weighted by molar-refractivity contribution is -0.230. The highest BCUT2D eigenvalue weighted by molar-refractivity contribution is 5.90. The van der Waals surface area contributed by atoms with Gasteiger partial charge in [-0.2, -0.15) is 0 Å². The zero-order chi connectivity index (χ0) is 17.5. The van der Waals surface area contributed by atoms with E-state index >= 15 is 0 Å². The molecule has 2 heterocycles. The Bertz CT molecular complexity index is 521. The smallest absolute Gasteiger partial charge is 0.310 e. The van der Waals surface area contributed by atoms with Crippen molar-refractivity contribution in [2.24, 2.45) is 23.0 Å². The number of carbonyl (C=O) groups excluding carboxylic acids is 2. The van der Waals surface area contributed by atoms with Crippen LogP contribution in [0.25, 0.3) is 0 Å². The van der Waals surface area contributed by atoms with Crippen molar-refractivity contribution in [3.8, 4) is 0 Å². The summed E-state index contributed by atoms with van der Waals surface area (Å²) in [5.74, 6) is -0.370. The molecule has 2 saturated heterocycles. The summed E-state index contributed by atoms with van der Waals surface area (Å²) in [6.07, 6.45) is 3.54. The average Bonchev–Trinajstić information content (AvgIpc) is 2.60. The molecular formula is C18H30N2O4. The van der Waals surface area contributed by atoms with Gasteiger partial charge in [0.1, 0.15) is 5.54 Å². The quantitative estimate of drug-likeness (QED) is 0.785. The van der Waals surface area contributed by atoms with Crippen molar-refractivity contribution < 1.29 is 19.1 Å². The normalized spacial score (nSPS) is 38.0. The summed E-state index contributed by atoms with van der Waals surface area (Å²) in [5, 5.41) is 0. The number of nitrogens with zero attached hydrogens (tertiary/aromatic N) is 1. The highest BCUT2D eigenvalue weighted by Gasteiger charge is 2.70. The molecule has 1 aliphatic carbocycles. The van der Waals surface area contributed by atoms with Crippen molar-refractivity contribution in [2.75, 3.05) is 26.3 Å². The van der Waals surface area contributed by atoms with Gasteiger partial charge in [-0.15, -0.1) is 0 Å². The van der Waals surface area contributed by atoms with E-state index in [2.05, 4.69) is 0 Å². The Hall–Kier alpha value is -1.14. The lowest BCUT2D eigenvalue weighted by atomic mass is 9.46. The minimum Gasteiger partial charge on any atom is -0.466 e. The molecule has 2 N–H and O–H groups in total. The molecule has 24 heavy (non-hydrogen) atoms. The molecule has 0 aromatic carbocycles. The molecule has 2 aliphatic heterocycles. The number of esters is 1. The molecule has 3 aliphatic rings. The summed E-state index contributed by atoms with van der Waals surface area (Å²) in [6, 6.07) is 0. The molecule has 0 bridgehead atoms. The van der Waals surface area contributed by atoms with Gasteiger partial charge >= 0.3 is 5.97 Å². The van der Waals surface area contributed by atoms with Crippen LogP contribution >= 0.6 is 0 Å². The molecule has 0 aromatic heterocycles. The zero-order valence-electron chi connectivity index (χ0n) is 15.0. The second-order valence-electron chi connectivity index (χ2n) is 7.97. The summed E-state index contributed by atoms with van der Waals surface area (Å²) < 4.78 is 11.0. The van der Waals surface area contributed by atoms with Crippen LogP contribution in [0.4, 0.5) is 0 Å². The molecule has 1 amide bonds. The van der Waals surface area contributed by atoms with Gasteiger partial charge in [-0.3, -0.25) is 9.59 Å². The first-order valence-corrected chi connectivity index (χ1v) is 9.20. The number of hydrogen-bond acceptors (Lipinski definition) is 5. The number of ether oxygens (including phenoxy) is 2. The molecule has 136 valence electrons. The first-order valence-electron chi connectivity index (χ1n) is 9.20. The number of amides is 1. The van der Waals surface area contributed by atoms with Crippen molar-refractivity contribution in [2.45, 2.75) is 58.1 Å². The van der Waals surface area contributed by atoms with Crippen LogP contribution in [0.2, 0.25) is 0 Å². The number of rotatable bonds is 3. The second-order valence-corrected chi connectivity index (χ2v) is 7.97. The number of hydrogen-bond donors (Lipinski definition) is 1. The Labute approximate surface area is 144 Å². The molecule has 1 saturated carbocycles. The van der Waals surface area contributed by atoms with E-state index in [-0.39, 0.29) is 35.2 Å². The van der Waals surface area contributed by atoms with E-state index in [0.717, 1.165) is 32.3 Å². The standard InChI is InChI=1S/C18H30N2O4/c1-4-23-15(21)12-7-5-9-20(11-12)16(22)18(19)13-8-6-10-24-14(13)17(18,2)3/h12-14H,4-11,19H2,1-3H3. The fourth-order valence-corrected chi connectivity index (χ4v) is 4.89. The van der Waals surface area contributed by atoms with Gasteiger partial charge in [-0.25, -0.2) is 0 Å². The van der Waals surface area contributed by atoms with E-state index < -0.39 is 5.54 Å². The average molecular weight is 338 g/mol. The Kier molecular flexibility index (Phi) is 4.64. The minimum atomic E-state index is -0.894. The third-order valence-corrected chi connectivity index (χ3v) is 6.37. The fourth-order valence-electron chi connectivity index (χ4n) is 4.89.